The van der Waals surface area contributed by atoms with Gasteiger partial charge in [-0.25, -0.2) is 4.79 Å². The van der Waals surface area contributed by atoms with E-state index >= 15 is 0 Å². The van der Waals surface area contributed by atoms with Gasteiger partial charge in [-0.2, -0.15) is 30.4 Å². The Morgan fingerprint density at radius 1 is 1.17 bits per heavy atom. The SMILES string of the molecule is O=C(CC(F)(F)F)OCC1CSC2(CCCCC2OC(=O)C(F)(F)S(=O)(=O)O)S1. The second-order valence-corrected chi connectivity index (χ2v) is 11.2. The van der Waals surface area contributed by atoms with E-state index in [2.05, 4.69) is 4.74 Å². The number of halogens is 5. The second kappa shape index (κ2) is 8.75. The summed E-state index contributed by atoms with van der Waals surface area (Å²) in [6, 6.07) is 0. The van der Waals surface area contributed by atoms with Crippen LogP contribution in [0.3, 0.4) is 0 Å². The van der Waals surface area contributed by atoms with E-state index in [1.54, 1.807) is 0 Å². The van der Waals surface area contributed by atoms with E-state index in [4.69, 9.17) is 9.29 Å². The standard InChI is InChI=1S/C14H17F5O7S3/c15-13(16,17)5-10(20)25-6-8-7-27-12(28-8)4-2-1-3-9(12)26-11(21)14(18,19)29(22,23)24/h8-9H,1-7H2,(H,22,23,24). The van der Waals surface area contributed by atoms with Gasteiger partial charge in [0.1, 0.15) is 19.1 Å². The van der Waals surface area contributed by atoms with Gasteiger partial charge in [0.05, 0.1) is 4.08 Å². The summed E-state index contributed by atoms with van der Waals surface area (Å²) >= 11 is 2.35. The summed E-state index contributed by atoms with van der Waals surface area (Å²) in [5.41, 5.74) is 0. The fourth-order valence-corrected chi connectivity index (χ4v) is 7.01. The molecule has 1 saturated heterocycles. The first-order chi connectivity index (χ1) is 13.2. The van der Waals surface area contributed by atoms with Crippen LogP contribution in [0.15, 0.2) is 0 Å². The highest BCUT2D eigenvalue weighted by Crippen LogP contribution is 2.57. The fraction of sp³-hybridized carbons (Fsp3) is 0.857. The lowest BCUT2D eigenvalue weighted by Gasteiger charge is -2.39. The van der Waals surface area contributed by atoms with Crippen molar-refractivity contribution in [1.82, 2.24) is 0 Å². The topological polar surface area (TPSA) is 107 Å². The minimum absolute atomic E-state index is 0.161. The third kappa shape index (κ3) is 6.10. The lowest BCUT2D eigenvalue weighted by Crippen LogP contribution is -2.46. The van der Waals surface area contributed by atoms with Crippen molar-refractivity contribution in [1.29, 1.82) is 0 Å². The maximum absolute atomic E-state index is 13.5. The van der Waals surface area contributed by atoms with E-state index in [1.807, 2.05) is 0 Å². The molecule has 2 aliphatic rings. The molecule has 7 nitrogen and oxygen atoms in total. The quantitative estimate of drug-likeness (QED) is 0.343. The first-order valence-electron chi connectivity index (χ1n) is 8.26. The number of carbonyl (C=O) groups excluding carboxylic acids is 2. The van der Waals surface area contributed by atoms with Gasteiger partial charge >= 0.3 is 33.5 Å². The summed E-state index contributed by atoms with van der Waals surface area (Å²) in [6.45, 7) is -0.337. The molecule has 2 rings (SSSR count). The maximum Gasteiger partial charge on any atom is 0.465 e. The van der Waals surface area contributed by atoms with Crippen LogP contribution in [0.25, 0.3) is 0 Å². The van der Waals surface area contributed by atoms with Gasteiger partial charge in [-0.1, -0.05) is 6.42 Å². The molecule has 1 spiro atoms. The van der Waals surface area contributed by atoms with Crippen LogP contribution in [0.1, 0.15) is 32.1 Å². The van der Waals surface area contributed by atoms with Gasteiger partial charge in [-0.15, -0.1) is 23.5 Å². The summed E-state index contributed by atoms with van der Waals surface area (Å²) in [5, 5.41) is -5.58. The monoisotopic (exact) mass is 488 g/mol. The molecule has 0 aromatic rings. The number of hydrogen-bond donors (Lipinski definition) is 1. The maximum atomic E-state index is 13.5. The Hall–Kier alpha value is -0.800. The van der Waals surface area contributed by atoms with E-state index in [1.165, 1.54) is 11.8 Å². The molecule has 0 bridgehead atoms. The molecule has 3 atom stereocenters. The van der Waals surface area contributed by atoms with Gasteiger partial charge in [-0.3, -0.25) is 9.35 Å². The molecule has 168 valence electrons. The Bertz CT molecular complexity index is 742. The van der Waals surface area contributed by atoms with E-state index in [0.717, 1.165) is 11.8 Å². The van der Waals surface area contributed by atoms with Crippen LogP contribution in [0.2, 0.25) is 0 Å². The van der Waals surface area contributed by atoms with Crippen LogP contribution in [0.5, 0.6) is 0 Å². The average Bonchev–Trinajstić information content (AvgIpc) is 2.96. The van der Waals surface area contributed by atoms with Crippen molar-refractivity contribution in [2.75, 3.05) is 12.4 Å². The minimum Gasteiger partial charge on any atom is -0.464 e. The Labute approximate surface area is 171 Å². The highest BCUT2D eigenvalue weighted by molar-refractivity contribution is 8.21. The molecule has 1 heterocycles. The van der Waals surface area contributed by atoms with E-state index in [0.29, 0.717) is 25.0 Å². The van der Waals surface area contributed by atoms with Crippen LogP contribution in [-0.2, 0) is 29.2 Å². The third-order valence-corrected chi connectivity index (χ3v) is 8.89. The molecule has 2 fully saturated rings. The summed E-state index contributed by atoms with van der Waals surface area (Å²) in [4.78, 5) is 22.8. The van der Waals surface area contributed by atoms with Crippen molar-refractivity contribution in [2.24, 2.45) is 0 Å². The number of ether oxygens (including phenoxy) is 2. The van der Waals surface area contributed by atoms with Crippen LogP contribution < -0.4 is 0 Å². The number of hydrogen-bond acceptors (Lipinski definition) is 8. The Morgan fingerprint density at radius 2 is 1.83 bits per heavy atom. The minimum atomic E-state index is -6.00. The number of carbonyl (C=O) groups is 2. The van der Waals surface area contributed by atoms with Gasteiger partial charge < -0.3 is 9.47 Å². The van der Waals surface area contributed by atoms with Crippen LogP contribution in [0, 0.1) is 0 Å². The molecule has 0 amide bonds. The normalized spacial score (nSPS) is 28.3. The molecule has 0 aromatic heterocycles. The Balaban J connectivity index is 2.00. The summed E-state index contributed by atoms with van der Waals surface area (Å²) in [7, 11) is -6.00. The average molecular weight is 488 g/mol. The van der Waals surface area contributed by atoms with Gasteiger partial charge in [-0.05, 0) is 19.3 Å². The van der Waals surface area contributed by atoms with Gasteiger partial charge in [0.2, 0.25) is 0 Å². The first-order valence-corrected chi connectivity index (χ1v) is 11.6. The lowest BCUT2D eigenvalue weighted by atomic mass is 9.96. The van der Waals surface area contributed by atoms with Crippen LogP contribution in [-0.4, -0.2) is 64.1 Å². The zero-order valence-corrected chi connectivity index (χ0v) is 17.1. The van der Waals surface area contributed by atoms with Crippen LogP contribution in [0.4, 0.5) is 22.0 Å². The lowest BCUT2D eigenvalue weighted by molar-refractivity contribution is -0.171. The third-order valence-electron chi connectivity index (χ3n) is 4.20. The molecule has 1 aliphatic carbocycles. The molecular weight excluding hydrogens is 471 g/mol. The highest BCUT2D eigenvalue weighted by Gasteiger charge is 2.57. The van der Waals surface area contributed by atoms with Crippen molar-refractivity contribution in [3.8, 4) is 0 Å². The second-order valence-electron chi connectivity index (χ2n) is 6.47. The van der Waals surface area contributed by atoms with Gasteiger partial charge in [0, 0.05) is 11.0 Å². The molecule has 0 aromatic carbocycles. The van der Waals surface area contributed by atoms with E-state index < -0.39 is 55.3 Å². The van der Waals surface area contributed by atoms with E-state index in [9.17, 15) is 40.0 Å². The first kappa shape index (κ1) is 24.5. The zero-order chi connectivity index (χ0) is 22.1. The number of rotatable bonds is 6. The summed E-state index contributed by atoms with van der Waals surface area (Å²) < 4.78 is 102. The molecule has 3 unspecified atom stereocenters. The van der Waals surface area contributed by atoms with Crippen LogP contribution >= 0.6 is 23.5 Å². The van der Waals surface area contributed by atoms with Crippen molar-refractivity contribution < 1.29 is 54.0 Å². The molecule has 1 saturated carbocycles. The number of thioether (sulfide) groups is 2. The smallest absolute Gasteiger partial charge is 0.464 e. The van der Waals surface area contributed by atoms with Gasteiger partial charge in [0.15, 0.2) is 0 Å². The van der Waals surface area contributed by atoms with Crippen molar-refractivity contribution in [3.05, 3.63) is 0 Å². The Kier molecular flexibility index (Phi) is 7.38. The number of esters is 2. The molecular formula is C14H17F5O7S3. The van der Waals surface area contributed by atoms with E-state index in [-0.39, 0.29) is 13.0 Å². The molecule has 15 heteroatoms. The molecule has 29 heavy (non-hydrogen) atoms. The molecule has 1 aliphatic heterocycles. The van der Waals surface area contributed by atoms with Crippen molar-refractivity contribution in [3.63, 3.8) is 0 Å². The highest BCUT2D eigenvalue weighted by atomic mass is 32.2. The predicted octanol–water partition coefficient (Wildman–Crippen LogP) is 2.99. The van der Waals surface area contributed by atoms with Crippen molar-refractivity contribution in [2.45, 2.75) is 59.0 Å². The van der Waals surface area contributed by atoms with Crippen molar-refractivity contribution >= 4 is 45.6 Å². The predicted molar refractivity (Wildman–Crippen MR) is 93.0 cm³/mol. The fourth-order valence-electron chi connectivity index (χ4n) is 2.90. The molecule has 0 radical (unpaired) electrons. The summed E-state index contributed by atoms with van der Waals surface area (Å²) in [6.07, 6.45) is -5.79. The largest absolute Gasteiger partial charge is 0.465 e. The molecule has 1 N–H and O–H groups in total. The number of alkyl halides is 5. The Morgan fingerprint density at radius 3 is 2.41 bits per heavy atom. The van der Waals surface area contributed by atoms with Gasteiger partial charge in [0.25, 0.3) is 0 Å². The summed E-state index contributed by atoms with van der Waals surface area (Å²) in [5.74, 6) is -3.54. The zero-order valence-electron chi connectivity index (χ0n) is 14.6.